The molecule has 0 saturated carbocycles. The SMILES string of the molecule is CNC(c1ccccc1)c1nnc(-c2csnn2)o1. The fourth-order valence-corrected chi connectivity index (χ4v) is 2.22. The monoisotopic (exact) mass is 273 g/mol. The van der Waals surface area contributed by atoms with Gasteiger partial charge >= 0.3 is 0 Å². The molecule has 1 N–H and O–H groups in total. The van der Waals surface area contributed by atoms with E-state index in [9.17, 15) is 0 Å². The van der Waals surface area contributed by atoms with E-state index in [4.69, 9.17) is 4.42 Å². The highest BCUT2D eigenvalue weighted by molar-refractivity contribution is 7.03. The Hall–Kier alpha value is -2.12. The van der Waals surface area contributed by atoms with Crippen LogP contribution in [0.4, 0.5) is 0 Å². The molecule has 0 bridgehead atoms. The van der Waals surface area contributed by atoms with Crippen LogP contribution in [0.25, 0.3) is 11.6 Å². The minimum Gasteiger partial charge on any atom is -0.417 e. The molecule has 3 rings (SSSR count). The molecule has 1 atom stereocenters. The highest BCUT2D eigenvalue weighted by Gasteiger charge is 2.20. The summed E-state index contributed by atoms with van der Waals surface area (Å²) in [5.74, 6) is 0.900. The van der Waals surface area contributed by atoms with Gasteiger partial charge in [-0.1, -0.05) is 34.8 Å². The van der Waals surface area contributed by atoms with E-state index in [1.807, 2.05) is 37.4 Å². The van der Waals surface area contributed by atoms with Crippen LogP contribution in [0.3, 0.4) is 0 Å². The second-order valence-corrected chi connectivity index (χ2v) is 4.48. The van der Waals surface area contributed by atoms with Gasteiger partial charge in [-0.05, 0) is 24.1 Å². The van der Waals surface area contributed by atoms with E-state index < -0.39 is 0 Å². The lowest BCUT2D eigenvalue weighted by Crippen LogP contribution is -2.17. The summed E-state index contributed by atoms with van der Waals surface area (Å²) in [5, 5.41) is 16.9. The van der Waals surface area contributed by atoms with Gasteiger partial charge in [0.25, 0.3) is 5.89 Å². The number of hydrogen-bond donors (Lipinski definition) is 1. The average Bonchev–Trinajstić information content (AvgIpc) is 3.11. The van der Waals surface area contributed by atoms with Gasteiger partial charge in [-0.25, -0.2) is 0 Å². The lowest BCUT2D eigenvalue weighted by atomic mass is 10.1. The molecule has 0 radical (unpaired) electrons. The van der Waals surface area contributed by atoms with Crippen LogP contribution in [0.15, 0.2) is 40.1 Å². The molecule has 0 fully saturated rings. The molecule has 1 unspecified atom stereocenters. The first-order chi connectivity index (χ1) is 9.38. The predicted octanol–water partition coefficient (Wildman–Crippen LogP) is 1.90. The molecule has 96 valence electrons. The Morgan fingerprint density at radius 1 is 1.16 bits per heavy atom. The molecule has 0 amide bonds. The average molecular weight is 273 g/mol. The van der Waals surface area contributed by atoms with Gasteiger partial charge in [0.1, 0.15) is 6.04 Å². The van der Waals surface area contributed by atoms with Gasteiger partial charge in [0.05, 0.1) is 0 Å². The van der Waals surface area contributed by atoms with Crippen molar-refractivity contribution in [1.82, 2.24) is 25.1 Å². The summed E-state index contributed by atoms with van der Waals surface area (Å²) in [6, 6.07) is 9.80. The summed E-state index contributed by atoms with van der Waals surface area (Å²) in [4.78, 5) is 0. The molecule has 0 spiro atoms. The van der Waals surface area contributed by atoms with Crippen LogP contribution >= 0.6 is 11.5 Å². The lowest BCUT2D eigenvalue weighted by Gasteiger charge is -2.11. The van der Waals surface area contributed by atoms with Crippen LogP contribution in [-0.2, 0) is 0 Å². The summed E-state index contributed by atoms with van der Waals surface area (Å²) in [7, 11) is 1.85. The van der Waals surface area contributed by atoms with Crippen molar-refractivity contribution in [2.75, 3.05) is 7.05 Å². The molecule has 1 aromatic carbocycles. The maximum atomic E-state index is 5.65. The van der Waals surface area contributed by atoms with E-state index in [1.54, 1.807) is 5.38 Å². The highest BCUT2D eigenvalue weighted by atomic mass is 32.1. The first-order valence-corrected chi connectivity index (χ1v) is 6.55. The topological polar surface area (TPSA) is 76.7 Å². The minimum atomic E-state index is -0.131. The molecule has 2 heterocycles. The quantitative estimate of drug-likeness (QED) is 0.782. The molecular formula is C12H11N5OS. The summed E-state index contributed by atoms with van der Waals surface area (Å²) in [6.45, 7) is 0. The number of aromatic nitrogens is 4. The summed E-state index contributed by atoms with van der Waals surface area (Å²) in [5.41, 5.74) is 1.67. The van der Waals surface area contributed by atoms with Gasteiger partial charge < -0.3 is 9.73 Å². The van der Waals surface area contributed by atoms with Crippen molar-refractivity contribution < 1.29 is 4.42 Å². The molecule has 0 saturated heterocycles. The molecular weight excluding hydrogens is 262 g/mol. The Labute approximate surface area is 113 Å². The summed E-state index contributed by atoms with van der Waals surface area (Å²) >= 11 is 1.25. The lowest BCUT2D eigenvalue weighted by molar-refractivity contribution is 0.455. The molecule has 0 aliphatic heterocycles. The van der Waals surface area contributed by atoms with Crippen LogP contribution in [0.1, 0.15) is 17.5 Å². The third-order valence-corrected chi connectivity index (χ3v) is 3.19. The van der Waals surface area contributed by atoms with Crippen molar-refractivity contribution in [3.05, 3.63) is 47.2 Å². The molecule has 6 nitrogen and oxygen atoms in total. The summed E-state index contributed by atoms with van der Waals surface area (Å²) in [6.07, 6.45) is 0. The summed E-state index contributed by atoms with van der Waals surface area (Å²) < 4.78 is 9.43. The van der Waals surface area contributed by atoms with Crippen molar-refractivity contribution in [2.24, 2.45) is 0 Å². The van der Waals surface area contributed by atoms with Crippen molar-refractivity contribution in [3.8, 4) is 11.6 Å². The Bertz CT molecular complexity index is 637. The number of hydrogen-bond acceptors (Lipinski definition) is 7. The van der Waals surface area contributed by atoms with Crippen molar-refractivity contribution in [1.29, 1.82) is 0 Å². The number of rotatable bonds is 4. The highest BCUT2D eigenvalue weighted by Crippen LogP contribution is 2.23. The largest absolute Gasteiger partial charge is 0.417 e. The predicted molar refractivity (Wildman–Crippen MR) is 70.5 cm³/mol. The van der Waals surface area contributed by atoms with Gasteiger partial charge in [-0.3, -0.25) is 0 Å². The number of benzene rings is 1. The molecule has 0 aliphatic rings. The zero-order chi connectivity index (χ0) is 13.1. The van der Waals surface area contributed by atoms with Gasteiger partial charge in [0, 0.05) is 5.38 Å². The van der Waals surface area contributed by atoms with Crippen molar-refractivity contribution >= 4 is 11.5 Å². The standard InChI is InChI=1S/C12H11N5OS/c1-13-10(8-5-3-2-4-6-8)12-16-15-11(18-12)9-7-19-17-14-9/h2-7,10,13H,1H3. The van der Waals surface area contributed by atoms with Crippen LogP contribution in [-0.4, -0.2) is 26.8 Å². The third kappa shape index (κ3) is 2.38. The van der Waals surface area contributed by atoms with E-state index in [0.29, 0.717) is 17.5 Å². The van der Waals surface area contributed by atoms with E-state index >= 15 is 0 Å². The first kappa shape index (κ1) is 11.9. The van der Waals surface area contributed by atoms with Gasteiger partial charge in [0.2, 0.25) is 5.89 Å². The Morgan fingerprint density at radius 3 is 2.68 bits per heavy atom. The molecule has 0 aliphatic carbocycles. The van der Waals surface area contributed by atoms with Crippen molar-refractivity contribution in [2.45, 2.75) is 6.04 Å². The molecule has 7 heteroatoms. The Balaban J connectivity index is 1.93. The van der Waals surface area contributed by atoms with E-state index in [1.165, 1.54) is 11.5 Å². The van der Waals surface area contributed by atoms with Gasteiger partial charge in [0.15, 0.2) is 5.69 Å². The molecule has 3 aromatic rings. The maximum absolute atomic E-state index is 5.65. The molecule has 2 aromatic heterocycles. The Morgan fingerprint density at radius 2 is 2.00 bits per heavy atom. The first-order valence-electron chi connectivity index (χ1n) is 5.71. The van der Waals surface area contributed by atoms with Gasteiger partial charge in [-0.2, -0.15) is 0 Å². The third-order valence-electron chi connectivity index (χ3n) is 2.69. The fourth-order valence-electron chi connectivity index (χ4n) is 1.79. The van der Waals surface area contributed by atoms with Gasteiger partial charge in [-0.15, -0.1) is 15.3 Å². The zero-order valence-corrected chi connectivity index (χ0v) is 11.0. The van der Waals surface area contributed by atoms with E-state index in [-0.39, 0.29) is 6.04 Å². The second-order valence-electron chi connectivity index (χ2n) is 3.87. The van der Waals surface area contributed by atoms with Crippen LogP contribution < -0.4 is 5.32 Å². The Kier molecular flexibility index (Phi) is 3.30. The van der Waals surface area contributed by atoms with Crippen LogP contribution in [0.2, 0.25) is 0 Å². The minimum absolute atomic E-state index is 0.131. The maximum Gasteiger partial charge on any atom is 0.269 e. The number of nitrogens with one attached hydrogen (secondary N) is 1. The molecule has 19 heavy (non-hydrogen) atoms. The van der Waals surface area contributed by atoms with Crippen molar-refractivity contribution in [3.63, 3.8) is 0 Å². The number of nitrogens with zero attached hydrogens (tertiary/aromatic N) is 4. The van der Waals surface area contributed by atoms with Crippen LogP contribution in [0.5, 0.6) is 0 Å². The fraction of sp³-hybridized carbons (Fsp3) is 0.167. The smallest absolute Gasteiger partial charge is 0.269 e. The van der Waals surface area contributed by atoms with E-state index in [2.05, 4.69) is 25.1 Å². The van der Waals surface area contributed by atoms with E-state index in [0.717, 1.165) is 5.56 Å². The zero-order valence-electron chi connectivity index (χ0n) is 10.1. The van der Waals surface area contributed by atoms with Crippen LogP contribution in [0, 0.1) is 0 Å². The second kappa shape index (κ2) is 5.25. The normalized spacial score (nSPS) is 12.5.